The molecule has 1 aliphatic carbocycles. The first kappa shape index (κ1) is 33.2. The Balaban J connectivity index is 1.38. The van der Waals surface area contributed by atoms with Crippen LogP contribution in [0.15, 0.2) is 72.8 Å². The maximum absolute atomic E-state index is 14.0. The number of hydrogen-bond donors (Lipinski definition) is 2. The number of hydrazine groups is 1. The molecule has 4 amide bonds. The minimum atomic E-state index is -1.18. The number of amides is 4. The third-order valence-electron chi connectivity index (χ3n) is 9.12. The minimum absolute atomic E-state index is 0.151. The van der Waals surface area contributed by atoms with Gasteiger partial charge in [0.15, 0.2) is 5.78 Å². The second-order valence-corrected chi connectivity index (χ2v) is 12.5. The number of carbonyl (C=O) groups excluding carboxylic acids is 5. The fraction of sp³-hybridized carbons (Fsp3) is 0.351. The summed E-state index contributed by atoms with van der Waals surface area (Å²) in [7, 11) is 3.15. The first-order chi connectivity index (χ1) is 22.6. The molecule has 3 aromatic carbocycles. The van der Waals surface area contributed by atoms with Gasteiger partial charge in [0.25, 0.3) is 5.91 Å². The molecule has 1 aliphatic heterocycles. The van der Waals surface area contributed by atoms with E-state index in [1.165, 1.54) is 11.1 Å². The van der Waals surface area contributed by atoms with Crippen LogP contribution in [-0.4, -0.2) is 59.6 Å². The molecule has 1 saturated carbocycles. The Morgan fingerprint density at radius 2 is 1.64 bits per heavy atom. The Labute approximate surface area is 274 Å². The molecule has 2 N–H and O–H groups in total. The van der Waals surface area contributed by atoms with Crippen molar-refractivity contribution in [2.75, 3.05) is 14.1 Å². The van der Waals surface area contributed by atoms with Crippen molar-refractivity contribution in [1.82, 2.24) is 20.7 Å². The Morgan fingerprint density at radius 3 is 2.28 bits per heavy atom. The normalized spacial score (nSPS) is 19.7. The minimum Gasteiger partial charge on any atom is -0.346 e. The molecular weight excluding hydrogens is 594 g/mol. The maximum Gasteiger partial charge on any atom is 0.255 e. The van der Waals surface area contributed by atoms with Gasteiger partial charge >= 0.3 is 0 Å². The van der Waals surface area contributed by atoms with E-state index in [1.54, 1.807) is 51.4 Å². The first-order valence-corrected chi connectivity index (χ1v) is 15.9. The number of nitriles is 1. The van der Waals surface area contributed by atoms with Crippen molar-refractivity contribution in [3.05, 3.63) is 89.5 Å². The van der Waals surface area contributed by atoms with E-state index in [2.05, 4.69) is 16.7 Å². The summed E-state index contributed by atoms with van der Waals surface area (Å²) in [5.74, 6) is -4.51. The molecule has 3 aromatic rings. The fourth-order valence-corrected chi connectivity index (χ4v) is 6.61. The highest BCUT2D eigenvalue weighted by Crippen LogP contribution is 2.34. The molecule has 47 heavy (non-hydrogen) atoms. The van der Waals surface area contributed by atoms with Crippen molar-refractivity contribution in [1.29, 1.82) is 5.26 Å². The van der Waals surface area contributed by atoms with Crippen LogP contribution in [0.3, 0.4) is 0 Å². The molecule has 242 valence electrons. The Bertz CT molecular complexity index is 1750. The van der Waals surface area contributed by atoms with E-state index in [-0.39, 0.29) is 12.3 Å². The molecule has 4 atom stereocenters. The number of nitrogens with zero attached hydrogens (tertiary/aromatic N) is 3. The standard InChI is InChI=1S/C37H39N5O5/c1-23-33(37(47)42(36(23)46)41(2)3)35(45)34(27-9-5-6-10-27)40-32(44)21-30(29-18-17-26-8-4-7-11-28(26)20-29)39-31(43)19-16-24-12-14-25(22-38)15-13-24/h4,7-8,11-20,23,27,30,33-34H,5-6,9-10,21H2,1-3H3,(H,39,43)(H,40,44)/b19-16+/t23-,30?,33+,34-/m0/s1. The Morgan fingerprint density at radius 1 is 0.957 bits per heavy atom. The van der Waals surface area contributed by atoms with Crippen molar-refractivity contribution in [3.8, 4) is 6.07 Å². The monoisotopic (exact) mass is 633 g/mol. The fourth-order valence-electron chi connectivity index (χ4n) is 6.61. The molecule has 10 heteroatoms. The van der Waals surface area contributed by atoms with Crippen LogP contribution in [0.25, 0.3) is 16.8 Å². The maximum atomic E-state index is 14.0. The van der Waals surface area contributed by atoms with Crippen LogP contribution in [-0.2, 0) is 24.0 Å². The summed E-state index contributed by atoms with van der Waals surface area (Å²) in [5.41, 5.74) is 1.96. The van der Waals surface area contributed by atoms with Gasteiger partial charge in [-0.15, -0.1) is 0 Å². The summed E-state index contributed by atoms with van der Waals surface area (Å²) in [4.78, 5) is 67.1. The number of hydrogen-bond acceptors (Lipinski definition) is 7. The number of benzene rings is 3. The Hall–Kier alpha value is -5.14. The van der Waals surface area contributed by atoms with Crippen LogP contribution in [0.1, 0.15) is 61.8 Å². The van der Waals surface area contributed by atoms with Gasteiger partial charge in [-0.3, -0.25) is 24.0 Å². The molecule has 10 nitrogen and oxygen atoms in total. The van der Waals surface area contributed by atoms with Crippen LogP contribution in [0.2, 0.25) is 0 Å². The lowest BCUT2D eigenvalue weighted by atomic mass is 9.83. The molecule has 5 rings (SSSR count). The van der Waals surface area contributed by atoms with Gasteiger partial charge in [-0.25, -0.2) is 10.0 Å². The van der Waals surface area contributed by atoms with Gasteiger partial charge < -0.3 is 10.6 Å². The van der Waals surface area contributed by atoms with Gasteiger partial charge in [-0.1, -0.05) is 68.3 Å². The third kappa shape index (κ3) is 7.47. The van der Waals surface area contributed by atoms with Gasteiger partial charge in [-0.2, -0.15) is 5.26 Å². The van der Waals surface area contributed by atoms with Crippen molar-refractivity contribution >= 4 is 46.3 Å². The van der Waals surface area contributed by atoms with E-state index >= 15 is 0 Å². The number of rotatable bonds is 11. The summed E-state index contributed by atoms with van der Waals surface area (Å²) in [6.07, 6.45) is 6.11. The zero-order chi connectivity index (χ0) is 33.7. The van der Waals surface area contributed by atoms with Gasteiger partial charge in [0, 0.05) is 20.2 Å². The largest absolute Gasteiger partial charge is 0.346 e. The topological polar surface area (TPSA) is 140 Å². The molecule has 2 fully saturated rings. The van der Waals surface area contributed by atoms with Crippen molar-refractivity contribution in [2.45, 2.75) is 51.1 Å². The van der Waals surface area contributed by atoms with Crippen LogP contribution < -0.4 is 10.6 Å². The van der Waals surface area contributed by atoms with E-state index in [1.807, 2.05) is 42.5 Å². The highest BCUT2D eigenvalue weighted by atomic mass is 16.2. The van der Waals surface area contributed by atoms with E-state index in [9.17, 15) is 24.0 Å². The number of imide groups is 1. The smallest absolute Gasteiger partial charge is 0.255 e. The summed E-state index contributed by atoms with van der Waals surface area (Å²) >= 11 is 0. The lowest BCUT2D eigenvalue weighted by molar-refractivity contribution is -0.155. The predicted molar refractivity (Wildman–Crippen MR) is 177 cm³/mol. The van der Waals surface area contributed by atoms with E-state index in [0.29, 0.717) is 5.56 Å². The molecule has 2 aliphatic rings. The van der Waals surface area contributed by atoms with Crippen LogP contribution in [0.4, 0.5) is 0 Å². The molecular formula is C37H39N5O5. The number of Topliss-reactive ketones (excluding diaryl/α,β-unsaturated/α-hetero) is 1. The van der Waals surface area contributed by atoms with Gasteiger partial charge in [0.05, 0.1) is 36.1 Å². The zero-order valence-electron chi connectivity index (χ0n) is 26.8. The molecule has 0 aromatic heterocycles. The van der Waals surface area contributed by atoms with Gasteiger partial charge in [-0.05, 0) is 64.9 Å². The van der Waals surface area contributed by atoms with Crippen LogP contribution >= 0.6 is 0 Å². The van der Waals surface area contributed by atoms with E-state index in [0.717, 1.165) is 52.6 Å². The van der Waals surface area contributed by atoms with Crippen molar-refractivity contribution < 1.29 is 24.0 Å². The highest BCUT2D eigenvalue weighted by Gasteiger charge is 2.52. The van der Waals surface area contributed by atoms with Gasteiger partial charge in [0.1, 0.15) is 5.92 Å². The first-order valence-electron chi connectivity index (χ1n) is 15.9. The number of carbonyl (C=O) groups is 5. The summed E-state index contributed by atoms with van der Waals surface area (Å²) < 4.78 is 0. The molecule has 0 radical (unpaired) electrons. The second kappa shape index (κ2) is 14.5. The van der Waals surface area contributed by atoms with E-state index in [4.69, 9.17) is 5.26 Å². The second-order valence-electron chi connectivity index (χ2n) is 12.5. The SMILES string of the molecule is C[C@@H]1C(=O)N(N(C)C)C(=O)[C@H]1C(=O)[C@@H](NC(=O)CC(NC(=O)/C=C/c1ccc(C#N)cc1)c1ccc2ccccc2c1)C1CCCC1. The predicted octanol–water partition coefficient (Wildman–Crippen LogP) is 4.31. The van der Waals surface area contributed by atoms with E-state index < -0.39 is 53.3 Å². The number of ketones is 1. The average molecular weight is 634 g/mol. The van der Waals surface area contributed by atoms with Crippen molar-refractivity contribution in [3.63, 3.8) is 0 Å². The van der Waals surface area contributed by atoms with Crippen LogP contribution in [0, 0.1) is 29.1 Å². The molecule has 1 saturated heterocycles. The molecule has 1 heterocycles. The average Bonchev–Trinajstić information content (AvgIpc) is 3.68. The van der Waals surface area contributed by atoms with Gasteiger partial charge in [0.2, 0.25) is 17.7 Å². The molecule has 0 bridgehead atoms. The third-order valence-corrected chi connectivity index (χ3v) is 9.12. The lowest BCUT2D eigenvalue weighted by Crippen LogP contribution is -2.51. The summed E-state index contributed by atoms with van der Waals surface area (Å²) in [6, 6.07) is 20.7. The lowest BCUT2D eigenvalue weighted by Gasteiger charge is -2.28. The van der Waals surface area contributed by atoms with Crippen molar-refractivity contribution in [2.24, 2.45) is 17.8 Å². The molecule has 0 spiro atoms. The summed E-state index contributed by atoms with van der Waals surface area (Å²) in [6.45, 7) is 1.58. The quantitative estimate of drug-likeness (QED) is 0.182. The zero-order valence-corrected chi connectivity index (χ0v) is 26.8. The highest BCUT2D eigenvalue weighted by molar-refractivity contribution is 6.16. The summed E-state index contributed by atoms with van der Waals surface area (Å²) in [5, 5.41) is 19.3. The number of fused-ring (bicyclic) bond motifs is 1. The molecule has 1 unspecified atom stereocenters. The number of nitrogens with one attached hydrogen (secondary N) is 2. The van der Waals surface area contributed by atoms with Crippen LogP contribution in [0.5, 0.6) is 0 Å². The Kier molecular flexibility index (Phi) is 10.3.